The van der Waals surface area contributed by atoms with Crippen molar-refractivity contribution in [1.82, 2.24) is 4.72 Å². The molecule has 0 radical (unpaired) electrons. The first-order valence-corrected chi connectivity index (χ1v) is 6.66. The number of hydrogen-bond donors (Lipinski definition) is 3. The topological polar surface area (TPSA) is 109 Å². The Bertz CT molecular complexity index is 584. The van der Waals surface area contributed by atoms with E-state index >= 15 is 0 Å². The van der Waals surface area contributed by atoms with Crippen molar-refractivity contribution in [1.29, 1.82) is 0 Å². The maximum absolute atomic E-state index is 12.0. The summed E-state index contributed by atoms with van der Waals surface area (Å²) in [7, 11) is -4.22. The van der Waals surface area contributed by atoms with Crippen molar-refractivity contribution in [2.24, 2.45) is 5.73 Å². The number of alkyl halides is 3. The molecule has 4 N–H and O–H groups in total. The Balaban J connectivity index is 2.82. The van der Waals surface area contributed by atoms with E-state index in [-0.39, 0.29) is 10.5 Å². The molecule has 1 atom stereocenters. The van der Waals surface area contributed by atoms with Crippen LogP contribution in [-0.2, 0) is 10.0 Å². The number of carbonyl (C=O) groups is 1. The lowest BCUT2D eigenvalue weighted by atomic mass is 10.2. The molecule has 0 heterocycles. The van der Waals surface area contributed by atoms with Crippen molar-refractivity contribution in [3.8, 4) is 0 Å². The molecule has 20 heavy (non-hydrogen) atoms. The van der Waals surface area contributed by atoms with E-state index in [1.165, 1.54) is 0 Å². The molecule has 0 fully saturated rings. The molecule has 6 nitrogen and oxygen atoms in total. The molecule has 1 rings (SSSR count). The van der Waals surface area contributed by atoms with Crippen molar-refractivity contribution in [2.45, 2.75) is 17.2 Å². The second-order valence-electron chi connectivity index (χ2n) is 3.80. The van der Waals surface area contributed by atoms with Crippen molar-refractivity contribution in [2.75, 3.05) is 6.54 Å². The second kappa shape index (κ2) is 5.77. The minimum Gasteiger partial charge on any atom is -0.382 e. The molecule has 0 saturated heterocycles. The molecule has 0 aliphatic carbocycles. The van der Waals surface area contributed by atoms with Crippen LogP contribution >= 0.6 is 0 Å². The highest BCUT2D eigenvalue weighted by Crippen LogP contribution is 2.20. The molecule has 1 amide bonds. The Morgan fingerprint density at radius 2 is 1.80 bits per heavy atom. The van der Waals surface area contributed by atoms with Crippen LogP contribution in [0, 0.1) is 0 Å². The second-order valence-corrected chi connectivity index (χ2v) is 5.56. The fourth-order valence-corrected chi connectivity index (χ4v) is 2.22. The average molecular weight is 312 g/mol. The predicted molar refractivity (Wildman–Crippen MR) is 62.2 cm³/mol. The standard InChI is InChI=1S/C10H11F3N2O4S/c11-10(12,13)8(16)5-15-20(18,19)7-3-1-6(2-4-7)9(14)17/h1-4,8,15-16H,5H2,(H2,14,17). The molecule has 0 spiro atoms. The van der Waals surface area contributed by atoms with Gasteiger partial charge in [0.25, 0.3) is 0 Å². The predicted octanol–water partition coefficient (Wildman–Crippen LogP) is -0.0130. The molecule has 1 unspecified atom stereocenters. The van der Waals surface area contributed by atoms with E-state index in [4.69, 9.17) is 10.8 Å². The Morgan fingerprint density at radius 3 is 2.20 bits per heavy atom. The number of halogens is 3. The van der Waals surface area contributed by atoms with Crippen molar-refractivity contribution < 1.29 is 31.5 Å². The first-order valence-electron chi connectivity index (χ1n) is 5.18. The first-order chi connectivity index (χ1) is 9.04. The largest absolute Gasteiger partial charge is 0.415 e. The van der Waals surface area contributed by atoms with Gasteiger partial charge in [0.1, 0.15) is 0 Å². The first kappa shape index (κ1) is 16.4. The maximum Gasteiger partial charge on any atom is 0.415 e. The van der Waals surface area contributed by atoms with Crippen molar-refractivity contribution >= 4 is 15.9 Å². The van der Waals surface area contributed by atoms with E-state index in [1.54, 1.807) is 4.72 Å². The van der Waals surface area contributed by atoms with Crippen molar-refractivity contribution in [3.05, 3.63) is 29.8 Å². The van der Waals surface area contributed by atoms with Crippen LogP contribution in [0.15, 0.2) is 29.2 Å². The molecular weight excluding hydrogens is 301 g/mol. The summed E-state index contributed by atoms with van der Waals surface area (Å²) in [6.07, 6.45) is -7.72. The van der Waals surface area contributed by atoms with Gasteiger partial charge in [0.05, 0.1) is 4.90 Å². The number of sulfonamides is 1. The lowest BCUT2D eigenvalue weighted by Gasteiger charge is -2.15. The third-order valence-electron chi connectivity index (χ3n) is 2.29. The molecule has 0 aromatic heterocycles. The summed E-state index contributed by atoms with van der Waals surface area (Å²) in [4.78, 5) is 10.4. The van der Waals surface area contributed by atoms with E-state index in [0.717, 1.165) is 24.3 Å². The summed E-state index contributed by atoms with van der Waals surface area (Å²) in [5, 5.41) is 8.70. The van der Waals surface area contributed by atoms with Gasteiger partial charge in [-0.05, 0) is 24.3 Å². The van der Waals surface area contributed by atoms with Gasteiger partial charge in [-0.15, -0.1) is 0 Å². The monoisotopic (exact) mass is 312 g/mol. The summed E-state index contributed by atoms with van der Waals surface area (Å²) in [6, 6.07) is 4.28. The van der Waals surface area contributed by atoms with Gasteiger partial charge < -0.3 is 10.8 Å². The molecule has 112 valence electrons. The van der Waals surface area contributed by atoms with Crippen LogP contribution in [0.25, 0.3) is 0 Å². The number of carbonyl (C=O) groups excluding carboxylic acids is 1. The normalized spacial score (nSPS) is 14.0. The molecule has 1 aromatic rings. The third-order valence-corrected chi connectivity index (χ3v) is 3.73. The summed E-state index contributed by atoms with van der Waals surface area (Å²) < 4.78 is 61.0. The molecule has 10 heteroatoms. The maximum atomic E-state index is 12.0. The lowest BCUT2D eigenvalue weighted by molar-refractivity contribution is -0.200. The zero-order valence-corrected chi connectivity index (χ0v) is 10.7. The zero-order valence-electron chi connectivity index (χ0n) is 9.89. The minimum absolute atomic E-state index is 0.0549. The summed E-state index contributed by atoms with van der Waals surface area (Å²) in [6.45, 7) is -1.20. The number of benzene rings is 1. The Hall–Kier alpha value is -1.65. The van der Waals surface area contributed by atoms with Crippen LogP contribution in [0.2, 0.25) is 0 Å². The smallest absolute Gasteiger partial charge is 0.382 e. The van der Waals surface area contributed by atoms with Crippen LogP contribution in [-0.4, -0.2) is 38.3 Å². The zero-order chi connectivity index (χ0) is 15.6. The van der Waals surface area contributed by atoms with Crippen molar-refractivity contribution in [3.63, 3.8) is 0 Å². The molecule has 0 saturated carbocycles. The highest BCUT2D eigenvalue weighted by Gasteiger charge is 2.38. The fourth-order valence-electron chi connectivity index (χ4n) is 1.19. The highest BCUT2D eigenvalue weighted by atomic mass is 32.2. The van der Waals surface area contributed by atoms with Gasteiger partial charge >= 0.3 is 6.18 Å². The van der Waals surface area contributed by atoms with E-state index in [1.807, 2.05) is 0 Å². The van der Waals surface area contributed by atoms with Crippen LogP contribution in [0.3, 0.4) is 0 Å². The molecule has 0 aliphatic rings. The molecule has 0 bridgehead atoms. The summed E-state index contributed by atoms with van der Waals surface area (Å²) in [5.74, 6) is -0.769. The van der Waals surface area contributed by atoms with Gasteiger partial charge in [0.2, 0.25) is 15.9 Å². The number of hydrogen-bond acceptors (Lipinski definition) is 4. The van der Waals surface area contributed by atoms with Gasteiger partial charge in [0.15, 0.2) is 6.10 Å². The van der Waals surface area contributed by atoms with E-state index in [0.29, 0.717) is 0 Å². The van der Waals surface area contributed by atoms with Gasteiger partial charge in [-0.25, -0.2) is 13.1 Å². The number of primary amides is 1. The van der Waals surface area contributed by atoms with Gasteiger partial charge in [-0.1, -0.05) is 0 Å². The highest BCUT2D eigenvalue weighted by molar-refractivity contribution is 7.89. The number of nitrogens with two attached hydrogens (primary N) is 1. The minimum atomic E-state index is -4.92. The number of aliphatic hydroxyl groups is 1. The van der Waals surface area contributed by atoms with Crippen LogP contribution in [0.1, 0.15) is 10.4 Å². The third kappa shape index (κ3) is 4.18. The Labute approximate surface area is 112 Å². The van der Waals surface area contributed by atoms with E-state index in [2.05, 4.69) is 0 Å². The van der Waals surface area contributed by atoms with Gasteiger partial charge in [-0.2, -0.15) is 13.2 Å². The number of amides is 1. The van der Waals surface area contributed by atoms with E-state index < -0.39 is 34.8 Å². The Morgan fingerprint density at radius 1 is 1.30 bits per heavy atom. The van der Waals surface area contributed by atoms with Crippen LogP contribution < -0.4 is 10.5 Å². The molecule has 1 aromatic carbocycles. The van der Waals surface area contributed by atoms with Gasteiger partial charge in [-0.3, -0.25) is 4.79 Å². The van der Waals surface area contributed by atoms with Crippen LogP contribution in [0.4, 0.5) is 13.2 Å². The van der Waals surface area contributed by atoms with Crippen LogP contribution in [0.5, 0.6) is 0 Å². The molecule has 0 aliphatic heterocycles. The summed E-state index contributed by atoms with van der Waals surface area (Å²) in [5.41, 5.74) is 5.01. The Kier molecular flexibility index (Phi) is 4.73. The average Bonchev–Trinajstić information content (AvgIpc) is 2.35. The SMILES string of the molecule is NC(=O)c1ccc(S(=O)(=O)NCC(O)C(F)(F)F)cc1. The van der Waals surface area contributed by atoms with Gasteiger partial charge in [0, 0.05) is 12.1 Å². The number of aliphatic hydroxyl groups excluding tert-OH is 1. The van der Waals surface area contributed by atoms with E-state index in [9.17, 15) is 26.4 Å². The quantitative estimate of drug-likeness (QED) is 0.710. The summed E-state index contributed by atoms with van der Waals surface area (Å²) >= 11 is 0. The molecular formula is C10H11F3N2O4S. The number of nitrogens with one attached hydrogen (secondary N) is 1. The fraction of sp³-hybridized carbons (Fsp3) is 0.300. The number of rotatable bonds is 5. The lowest BCUT2D eigenvalue weighted by Crippen LogP contribution is -2.40.